The van der Waals surface area contributed by atoms with E-state index in [9.17, 15) is 9.59 Å². The predicted molar refractivity (Wildman–Crippen MR) is 67.8 cm³/mol. The van der Waals surface area contributed by atoms with Crippen LogP contribution in [-0.4, -0.2) is 9.55 Å². The molecule has 0 amide bonds. The largest absolute Gasteiger partial charge is 0.329 e. The van der Waals surface area contributed by atoms with Gasteiger partial charge < -0.3 is 0 Å². The number of nitrogens with one attached hydrogen (secondary N) is 1. The second-order valence-corrected chi connectivity index (χ2v) is 5.38. The fourth-order valence-electron chi connectivity index (χ4n) is 1.98. The van der Waals surface area contributed by atoms with Crippen LogP contribution in [0.5, 0.6) is 0 Å². The summed E-state index contributed by atoms with van der Waals surface area (Å²) in [6.45, 7) is 4.29. The standard InChI is InChI=1S/C12H17ClN2O2/c1-7(2)9-10(13)14-12(17)15(11(9)16)6-5-8-3-4-8/h7-8H,3-6H2,1-2H3,(H,14,17). The van der Waals surface area contributed by atoms with Gasteiger partial charge in [0.2, 0.25) is 0 Å². The number of nitrogens with zero attached hydrogens (tertiary/aromatic N) is 1. The van der Waals surface area contributed by atoms with E-state index in [1.807, 2.05) is 13.8 Å². The molecule has 0 bridgehead atoms. The van der Waals surface area contributed by atoms with E-state index in [4.69, 9.17) is 11.6 Å². The van der Waals surface area contributed by atoms with Crippen LogP contribution in [0.25, 0.3) is 0 Å². The van der Waals surface area contributed by atoms with Crippen LogP contribution in [0.1, 0.15) is 44.6 Å². The summed E-state index contributed by atoms with van der Waals surface area (Å²) in [6.07, 6.45) is 3.34. The van der Waals surface area contributed by atoms with Gasteiger partial charge in [-0.2, -0.15) is 0 Å². The lowest BCUT2D eigenvalue weighted by atomic mass is 10.1. The van der Waals surface area contributed by atoms with E-state index in [0.29, 0.717) is 18.0 Å². The SMILES string of the molecule is CC(C)c1c(Cl)[nH]c(=O)n(CCC2CC2)c1=O. The maximum absolute atomic E-state index is 12.1. The van der Waals surface area contributed by atoms with Gasteiger partial charge in [-0.05, 0) is 18.3 Å². The van der Waals surface area contributed by atoms with Gasteiger partial charge in [0.05, 0.1) is 5.56 Å². The van der Waals surface area contributed by atoms with Gasteiger partial charge >= 0.3 is 5.69 Å². The number of aromatic nitrogens is 2. The smallest absolute Gasteiger partial charge is 0.297 e. The molecule has 1 heterocycles. The molecule has 1 aliphatic carbocycles. The number of halogens is 1. The van der Waals surface area contributed by atoms with Crippen LogP contribution in [0.4, 0.5) is 0 Å². The zero-order chi connectivity index (χ0) is 12.6. The van der Waals surface area contributed by atoms with Gasteiger partial charge in [0.15, 0.2) is 0 Å². The molecule has 2 rings (SSSR count). The lowest BCUT2D eigenvalue weighted by Crippen LogP contribution is -2.38. The Morgan fingerprint density at radius 1 is 1.41 bits per heavy atom. The summed E-state index contributed by atoms with van der Waals surface area (Å²) in [5.74, 6) is 0.707. The fraction of sp³-hybridized carbons (Fsp3) is 0.667. The summed E-state index contributed by atoms with van der Waals surface area (Å²) < 4.78 is 1.28. The van der Waals surface area contributed by atoms with E-state index >= 15 is 0 Å². The topological polar surface area (TPSA) is 54.9 Å². The van der Waals surface area contributed by atoms with Crippen molar-refractivity contribution < 1.29 is 0 Å². The molecule has 1 aromatic rings. The lowest BCUT2D eigenvalue weighted by molar-refractivity contribution is 0.549. The molecular formula is C12H17ClN2O2. The van der Waals surface area contributed by atoms with E-state index in [2.05, 4.69) is 4.98 Å². The molecule has 0 atom stereocenters. The molecule has 0 unspecified atom stereocenters. The minimum atomic E-state index is -0.398. The van der Waals surface area contributed by atoms with Crippen LogP contribution < -0.4 is 11.2 Å². The Bertz CT molecular complexity index is 526. The van der Waals surface area contributed by atoms with Crippen molar-refractivity contribution >= 4 is 11.6 Å². The highest BCUT2D eigenvalue weighted by Crippen LogP contribution is 2.32. The highest BCUT2D eigenvalue weighted by Gasteiger charge is 2.22. The molecule has 5 heteroatoms. The molecule has 1 saturated carbocycles. The average Bonchev–Trinajstić information content (AvgIpc) is 2.99. The zero-order valence-electron chi connectivity index (χ0n) is 10.1. The molecule has 4 nitrogen and oxygen atoms in total. The van der Waals surface area contributed by atoms with Gasteiger partial charge in [-0.1, -0.05) is 38.3 Å². The number of rotatable bonds is 4. The molecule has 0 radical (unpaired) electrons. The maximum atomic E-state index is 12.1. The van der Waals surface area contributed by atoms with Gasteiger partial charge in [-0.3, -0.25) is 14.3 Å². The van der Waals surface area contributed by atoms with Gasteiger partial charge in [0.25, 0.3) is 5.56 Å². The van der Waals surface area contributed by atoms with E-state index < -0.39 is 5.69 Å². The van der Waals surface area contributed by atoms with E-state index in [1.165, 1.54) is 17.4 Å². The van der Waals surface area contributed by atoms with Crippen molar-refractivity contribution in [3.05, 3.63) is 31.6 Å². The normalized spacial score (nSPS) is 15.5. The van der Waals surface area contributed by atoms with Crippen LogP contribution in [0.3, 0.4) is 0 Å². The Morgan fingerprint density at radius 2 is 2.06 bits per heavy atom. The van der Waals surface area contributed by atoms with Gasteiger partial charge in [-0.15, -0.1) is 0 Å². The first-order chi connectivity index (χ1) is 8.00. The molecule has 0 aromatic carbocycles. The van der Waals surface area contributed by atoms with E-state index in [1.54, 1.807) is 0 Å². The van der Waals surface area contributed by atoms with E-state index in [0.717, 1.165) is 6.42 Å². The van der Waals surface area contributed by atoms with Crippen LogP contribution in [0.15, 0.2) is 9.59 Å². The third-order valence-corrected chi connectivity index (χ3v) is 3.51. The van der Waals surface area contributed by atoms with Crippen molar-refractivity contribution in [1.29, 1.82) is 0 Å². The van der Waals surface area contributed by atoms with Gasteiger partial charge in [0.1, 0.15) is 5.15 Å². The van der Waals surface area contributed by atoms with Crippen LogP contribution in [-0.2, 0) is 6.54 Å². The number of hydrogen-bond donors (Lipinski definition) is 1. The van der Waals surface area contributed by atoms with Crippen LogP contribution in [0, 0.1) is 5.92 Å². The Morgan fingerprint density at radius 3 is 2.59 bits per heavy atom. The summed E-state index contributed by atoms with van der Waals surface area (Å²) >= 11 is 5.91. The minimum Gasteiger partial charge on any atom is -0.297 e. The maximum Gasteiger partial charge on any atom is 0.329 e. The first-order valence-corrected chi connectivity index (χ1v) is 6.41. The molecule has 94 valence electrons. The Kier molecular flexibility index (Phi) is 3.43. The summed E-state index contributed by atoms with van der Waals surface area (Å²) in [5, 5.41) is 0.178. The third kappa shape index (κ3) is 2.63. The first-order valence-electron chi connectivity index (χ1n) is 6.03. The molecule has 1 aliphatic rings. The van der Waals surface area contributed by atoms with Crippen molar-refractivity contribution in [1.82, 2.24) is 9.55 Å². The quantitative estimate of drug-likeness (QED) is 0.839. The Balaban J connectivity index is 2.39. The molecule has 1 fully saturated rings. The van der Waals surface area contributed by atoms with Gasteiger partial charge in [0, 0.05) is 6.54 Å². The molecule has 1 N–H and O–H groups in total. The second-order valence-electron chi connectivity index (χ2n) is 5.00. The predicted octanol–water partition coefficient (Wildman–Crippen LogP) is 2.11. The molecule has 0 saturated heterocycles. The van der Waals surface area contributed by atoms with Crippen molar-refractivity contribution in [2.24, 2.45) is 5.92 Å². The molecule has 17 heavy (non-hydrogen) atoms. The Labute approximate surface area is 105 Å². The van der Waals surface area contributed by atoms with Gasteiger partial charge in [-0.25, -0.2) is 4.79 Å². The summed E-state index contributed by atoms with van der Waals surface area (Å²) in [6, 6.07) is 0. The molecule has 0 spiro atoms. The number of H-pyrrole nitrogens is 1. The first kappa shape index (κ1) is 12.4. The third-order valence-electron chi connectivity index (χ3n) is 3.21. The molecular weight excluding hydrogens is 240 g/mol. The average molecular weight is 257 g/mol. The summed E-state index contributed by atoms with van der Waals surface area (Å²) in [7, 11) is 0. The fourth-order valence-corrected chi connectivity index (χ4v) is 2.36. The minimum absolute atomic E-state index is 0.0130. The molecule has 1 aromatic heterocycles. The van der Waals surface area contributed by atoms with Crippen molar-refractivity contribution in [2.75, 3.05) is 0 Å². The highest BCUT2D eigenvalue weighted by molar-refractivity contribution is 6.30. The van der Waals surface area contributed by atoms with Crippen molar-refractivity contribution in [3.63, 3.8) is 0 Å². The number of aromatic amines is 1. The van der Waals surface area contributed by atoms with Crippen molar-refractivity contribution in [3.8, 4) is 0 Å². The Hall–Kier alpha value is -1.03. The monoisotopic (exact) mass is 256 g/mol. The zero-order valence-corrected chi connectivity index (χ0v) is 10.9. The lowest BCUT2D eigenvalue weighted by Gasteiger charge is -2.10. The van der Waals surface area contributed by atoms with Crippen LogP contribution >= 0.6 is 11.6 Å². The number of hydrogen-bond acceptors (Lipinski definition) is 2. The summed E-state index contributed by atoms with van der Waals surface area (Å²) in [5.41, 5.74) is -0.137. The summed E-state index contributed by atoms with van der Waals surface area (Å²) in [4.78, 5) is 26.4. The van der Waals surface area contributed by atoms with Crippen molar-refractivity contribution in [2.45, 2.75) is 45.6 Å². The van der Waals surface area contributed by atoms with E-state index in [-0.39, 0.29) is 16.6 Å². The second kappa shape index (κ2) is 4.69. The van der Waals surface area contributed by atoms with Crippen LogP contribution in [0.2, 0.25) is 5.15 Å². The highest BCUT2D eigenvalue weighted by atomic mass is 35.5. The molecule has 0 aliphatic heterocycles.